The highest BCUT2D eigenvalue weighted by atomic mass is 32.1. The molecule has 0 radical (unpaired) electrons. The molecule has 0 bridgehead atoms. The molecule has 2 heterocycles. The lowest BCUT2D eigenvalue weighted by Gasteiger charge is -2.58. The summed E-state index contributed by atoms with van der Waals surface area (Å²) in [6.45, 7) is 12.7. The van der Waals surface area contributed by atoms with E-state index in [1.54, 1.807) is 0 Å². The Morgan fingerprint density at radius 1 is 1.18 bits per heavy atom. The lowest BCUT2D eigenvalue weighted by molar-refractivity contribution is -0.149. The average Bonchev–Trinajstić information content (AvgIpc) is 3.34. The largest absolute Gasteiger partial charge is 0.396 e. The number of fused-ring (bicyclic) bond motifs is 2. The van der Waals surface area contributed by atoms with E-state index in [1.807, 2.05) is 36.1 Å². The van der Waals surface area contributed by atoms with Crippen molar-refractivity contribution >= 4 is 28.3 Å². The van der Waals surface area contributed by atoms with E-state index in [0.717, 1.165) is 22.6 Å². The van der Waals surface area contributed by atoms with Crippen LogP contribution in [0.3, 0.4) is 0 Å². The number of carbonyl (C=O) groups excluding carboxylic acids is 2. The summed E-state index contributed by atoms with van der Waals surface area (Å²) in [7, 11) is 0. The maximum Gasteiger partial charge on any atom is 0.257 e. The summed E-state index contributed by atoms with van der Waals surface area (Å²) >= 11 is 1.45. The Hall–Kier alpha value is -2.33. The second-order valence-corrected chi connectivity index (χ2v) is 14.4. The van der Waals surface area contributed by atoms with Crippen molar-refractivity contribution in [1.82, 2.24) is 9.88 Å². The number of thiazole rings is 1. The Balaban J connectivity index is 1.46. The van der Waals surface area contributed by atoms with Gasteiger partial charge in [-0.2, -0.15) is 0 Å². The molecule has 3 aliphatic rings. The minimum Gasteiger partial charge on any atom is -0.396 e. The van der Waals surface area contributed by atoms with Crippen molar-refractivity contribution in [2.24, 2.45) is 16.7 Å². The van der Waals surface area contributed by atoms with Crippen molar-refractivity contribution in [1.29, 1.82) is 0 Å². The molecule has 218 valence electrons. The number of benzene rings is 1. The lowest BCUT2D eigenvalue weighted by atomic mass is 9.47. The summed E-state index contributed by atoms with van der Waals surface area (Å²) in [5, 5.41) is 25.0. The number of anilines is 1. The van der Waals surface area contributed by atoms with Gasteiger partial charge in [0, 0.05) is 41.3 Å². The van der Waals surface area contributed by atoms with E-state index < -0.39 is 11.5 Å². The monoisotopic (exact) mass is 569 g/mol. The standard InChI is InChI=1S/C31H43N3O5S/c1-29(2,3)20-8-6-19(7-9-20)27(38)33-28-32-26-21(16-25(37)34-12-14-39-15-13-34)30(4)11-10-24(36)31(5,18-35)23(30)17-22(26)40-28/h6-9,21,23-24,35-36H,10-18H2,1-5H3,(H,32,33,38). The van der Waals surface area contributed by atoms with E-state index in [0.29, 0.717) is 56.3 Å². The van der Waals surface area contributed by atoms with E-state index in [4.69, 9.17) is 9.72 Å². The third-order valence-electron chi connectivity index (χ3n) is 9.87. The Bertz CT molecular complexity index is 1250. The minimum absolute atomic E-state index is 0.000567. The van der Waals surface area contributed by atoms with Crippen molar-refractivity contribution in [2.75, 3.05) is 38.2 Å². The SMILES string of the molecule is CC(C)(C)c1ccc(C(=O)Nc2nc3c(s2)CC2C(C)(CO)C(O)CCC2(C)C3CC(=O)N2CCOCC2)cc1. The third-order valence-corrected chi connectivity index (χ3v) is 10.9. The first-order valence-electron chi connectivity index (χ1n) is 14.4. The molecule has 5 atom stereocenters. The number of ether oxygens (including phenoxy) is 1. The molecule has 9 heteroatoms. The zero-order valence-corrected chi connectivity index (χ0v) is 25.1. The van der Waals surface area contributed by atoms with Crippen LogP contribution in [0.5, 0.6) is 0 Å². The van der Waals surface area contributed by atoms with Crippen LogP contribution >= 0.6 is 11.3 Å². The summed E-state index contributed by atoms with van der Waals surface area (Å²) in [4.78, 5) is 34.6. The predicted octanol–water partition coefficient (Wildman–Crippen LogP) is 4.36. The number of aliphatic hydroxyl groups excluding tert-OH is 2. The van der Waals surface area contributed by atoms with Gasteiger partial charge in [0.05, 0.1) is 31.6 Å². The van der Waals surface area contributed by atoms with Gasteiger partial charge < -0.3 is 19.8 Å². The van der Waals surface area contributed by atoms with Crippen molar-refractivity contribution in [3.63, 3.8) is 0 Å². The molecule has 1 aliphatic heterocycles. The van der Waals surface area contributed by atoms with Gasteiger partial charge in [-0.05, 0) is 53.7 Å². The highest BCUT2D eigenvalue weighted by Crippen LogP contribution is 2.63. The van der Waals surface area contributed by atoms with Crippen molar-refractivity contribution in [3.05, 3.63) is 46.0 Å². The number of amides is 2. The first-order valence-corrected chi connectivity index (χ1v) is 15.2. The molecular formula is C31H43N3O5S. The quantitative estimate of drug-likeness (QED) is 0.494. The molecule has 8 nitrogen and oxygen atoms in total. The van der Waals surface area contributed by atoms with Gasteiger partial charge in [0.25, 0.3) is 5.91 Å². The van der Waals surface area contributed by atoms with Gasteiger partial charge in [0.1, 0.15) is 0 Å². The van der Waals surface area contributed by atoms with Crippen molar-refractivity contribution in [3.8, 4) is 0 Å². The Morgan fingerprint density at radius 3 is 2.48 bits per heavy atom. The van der Waals surface area contributed by atoms with E-state index in [1.165, 1.54) is 11.3 Å². The molecule has 5 rings (SSSR count). The lowest BCUT2D eigenvalue weighted by Crippen LogP contribution is -2.58. The Kier molecular flexibility index (Phi) is 7.89. The number of rotatable bonds is 5. The summed E-state index contributed by atoms with van der Waals surface area (Å²) < 4.78 is 5.45. The van der Waals surface area contributed by atoms with Crippen molar-refractivity contribution in [2.45, 2.75) is 77.7 Å². The number of aliphatic hydroxyl groups is 2. The number of aromatic nitrogens is 1. The fourth-order valence-electron chi connectivity index (χ4n) is 7.11. The zero-order chi connectivity index (χ0) is 28.9. The molecule has 3 N–H and O–H groups in total. The summed E-state index contributed by atoms with van der Waals surface area (Å²) in [6.07, 6.45) is 1.66. The van der Waals surface area contributed by atoms with Crippen LogP contribution in [-0.2, 0) is 21.4 Å². The predicted molar refractivity (Wildman–Crippen MR) is 156 cm³/mol. The molecule has 40 heavy (non-hydrogen) atoms. The topological polar surface area (TPSA) is 112 Å². The highest BCUT2D eigenvalue weighted by Gasteiger charge is 2.59. The Morgan fingerprint density at radius 2 is 1.85 bits per heavy atom. The molecule has 2 aliphatic carbocycles. The fourth-order valence-corrected chi connectivity index (χ4v) is 8.17. The summed E-state index contributed by atoms with van der Waals surface area (Å²) in [5.74, 6) is -0.345. The molecule has 2 amide bonds. The minimum atomic E-state index is -0.687. The molecule has 1 aromatic heterocycles. The number of nitrogens with one attached hydrogen (secondary N) is 1. The molecule has 1 saturated heterocycles. The van der Waals surface area contributed by atoms with Gasteiger partial charge in [-0.1, -0.05) is 46.8 Å². The van der Waals surface area contributed by atoms with Crippen LogP contribution in [0.2, 0.25) is 0 Å². The smallest absolute Gasteiger partial charge is 0.257 e. The first-order chi connectivity index (χ1) is 18.9. The van der Waals surface area contributed by atoms with Crippen LogP contribution in [-0.4, -0.2) is 70.9 Å². The van der Waals surface area contributed by atoms with Crippen LogP contribution in [0.4, 0.5) is 5.13 Å². The number of hydrogen-bond acceptors (Lipinski definition) is 7. The third kappa shape index (κ3) is 5.22. The van der Waals surface area contributed by atoms with E-state index in [2.05, 4.69) is 33.0 Å². The average molecular weight is 570 g/mol. The molecule has 1 saturated carbocycles. The van der Waals surface area contributed by atoms with Gasteiger partial charge in [0.15, 0.2) is 5.13 Å². The van der Waals surface area contributed by atoms with Gasteiger partial charge in [-0.25, -0.2) is 4.98 Å². The molecular weight excluding hydrogens is 526 g/mol. The van der Waals surface area contributed by atoms with Gasteiger partial charge in [-0.15, -0.1) is 11.3 Å². The highest BCUT2D eigenvalue weighted by molar-refractivity contribution is 7.15. The van der Waals surface area contributed by atoms with Crippen LogP contribution < -0.4 is 5.32 Å². The van der Waals surface area contributed by atoms with E-state index in [9.17, 15) is 19.8 Å². The number of nitrogens with zero attached hydrogens (tertiary/aromatic N) is 2. The maximum atomic E-state index is 13.5. The first kappa shape index (κ1) is 29.2. The molecule has 2 aromatic rings. The molecule has 1 aromatic carbocycles. The maximum absolute atomic E-state index is 13.5. The normalized spacial score (nSPS) is 30.4. The van der Waals surface area contributed by atoms with Crippen LogP contribution in [0, 0.1) is 16.7 Å². The van der Waals surface area contributed by atoms with Crippen LogP contribution in [0.25, 0.3) is 0 Å². The van der Waals surface area contributed by atoms with E-state index in [-0.39, 0.29) is 41.1 Å². The van der Waals surface area contributed by atoms with Gasteiger partial charge in [-0.3, -0.25) is 14.9 Å². The zero-order valence-electron chi connectivity index (χ0n) is 24.3. The number of morpholine rings is 1. The molecule has 2 fully saturated rings. The molecule has 5 unspecified atom stereocenters. The fraction of sp³-hybridized carbons (Fsp3) is 0.645. The second-order valence-electron chi connectivity index (χ2n) is 13.3. The summed E-state index contributed by atoms with van der Waals surface area (Å²) in [6, 6.07) is 7.66. The number of carbonyl (C=O) groups is 2. The van der Waals surface area contributed by atoms with Gasteiger partial charge >= 0.3 is 0 Å². The van der Waals surface area contributed by atoms with Crippen molar-refractivity contribution < 1.29 is 24.5 Å². The molecule has 0 spiro atoms. The van der Waals surface area contributed by atoms with E-state index >= 15 is 0 Å². The van der Waals surface area contributed by atoms with Crippen LogP contribution in [0.1, 0.15) is 86.3 Å². The summed E-state index contributed by atoms with van der Waals surface area (Å²) in [5.41, 5.74) is 1.58. The second kappa shape index (κ2) is 10.8. The Labute approximate surface area is 241 Å². The van der Waals surface area contributed by atoms with Crippen LogP contribution in [0.15, 0.2) is 24.3 Å². The van der Waals surface area contributed by atoms with Gasteiger partial charge in [0.2, 0.25) is 5.91 Å². The number of hydrogen-bond donors (Lipinski definition) is 3.